The molecule has 2 aromatic rings. The molecule has 94 valence electrons. The Kier molecular flexibility index (Phi) is 3.80. The number of carboxylic acids is 1. The quantitative estimate of drug-likeness (QED) is 0.726. The Bertz CT molecular complexity index is 530. The summed E-state index contributed by atoms with van der Waals surface area (Å²) < 4.78 is 0. The molecule has 0 aliphatic heterocycles. The van der Waals surface area contributed by atoms with Gasteiger partial charge in [0.15, 0.2) is 5.13 Å². The number of rotatable bonds is 5. The molecule has 0 bridgehead atoms. The zero-order valence-corrected chi connectivity index (χ0v) is 10.1. The van der Waals surface area contributed by atoms with Crippen molar-refractivity contribution >= 4 is 22.4 Å². The molecule has 0 radical (unpaired) electrons. The van der Waals surface area contributed by atoms with Crippen LogP contribution in [0.4, 0.5) is 5.13 Å². The third-order valence-electron chi connectivity index (χ3n) is 2.17. The molecule has 4 N–H and O–H groups in total. The maximum atomic E-state index is 10.7. The molecule has 1 atom stereocenters. The molecule has 0 saturated heterocycles. The van der Waals surface area contributed by atoms with E-state index in [0.29, 0.717) is 17.4 Å². The highest BCUT2D eigenvalue weighted by molar-refractivity contribution is 7.13. The van der Waals surface area contributed by atoms with Crippen molar-refractivity contribution in [2.45, 2.75) is 12.6 Å². The van der Waals surface area contributed by atoms with Crippen molar-refractivity contribution in [3.63, 3.8) is 0 Å². The van der Waals surface area contributed by atoms with Crippen molar-refractivity contribution in [2.75, 3.05) is 5.32 Å². The number of nitrogens with one attached hydrogen (secondary N) is 1. The van der Waals surface area contributed by atoms with E-state index in [0.717, 1.165) is 5.69 Å². The van der Waals surface area contributed by atoms with Crippen LogP contribution in [0, 0.1) is 0 Å². The average molecular weight is 265 g/mol. The topological polar surface area (TPSA) is 114 Å². The van der Waals surface area contributed by atoms with Crippen molar-refractivity contribution in [1.82, 2.24) is 15.0 Å². The Balaban J connectivity index is 1.97. The maximum Gasteiger partial charge on any atom is 0.326 e. The number of nitrogens with zero attached hydrogens (tertiary/aromatic N) is 3. The fourth-order valence-electron chi connectivity index (χ4n) is 1.23. The fraction of sp³-hybridized carbons (Fsp3) is 0.200. The highest BCUT2D eigenvalue weighted by atomic mass is 32.1. The summed E-state index contributed by atoms with van der Waals surface area (Å²) in [6, 6.07) is 0.695. The zero-order valence-electron chi connectivity index (χ0n) is 9.28. The van der Waals surface area contributed by atoms with E-state index in [-0.39, 0.29) is 0 Å². The van der Waals surface area contributed by atoms with E-state index in [1.54, 1.807) is 17.6 Å². The normalized spacial score (nSPS) is 12.1. The van der Waals surface area contributed by atoms with Crippen LogP contribution in [0.2, 0.25) is 0 Å². The highest BCUT2D eigenvalue weighted by Crippen LogP contribution is 2.20. The van der Waals surface area contributed by atoms with Crippen molar-refractivity contribution < 1.29 is 9.90 Å². The third kappa shape index (κ3) is 2.99. The van der Waals surface area contributed by atoms with Crippen LogP contribution in [0.15, 0.2) is 24.0 Å². The SMILES string of the molecule is NC(C(=O)O)c1csc(NCc2ccncn2)n1. The molecular weight excluding hydrogens is 254 g/mol. The standard InChI is InChI=1S/C10H11N5O2S/c11-8(9(16)17)7-4-18-10(15-7)13-3-6-1-2-12-5-14-6/h1-2,4-5,8H,3,11H2,(H,13,15)(H,16,17). The number of carbonyl (C=O) groups is 1. The van der Waals surface area contributed by atoms with Crippen LogP contribution in [0.3, 0.4) is 0 Å². The van der Waals surface area contributed by atoms with Crippen LogP contribution in [0.1, 0.15) is 17.4 Å². The molecule has 0 fully saturated rings. The number of hydrogen-bond acceptors (Lipinski definition) is 7. The van der Waals surface area contributed by atoms with Gasteiger partial charge in [0.2, 0.25) is 0 Å². The second-order valence-corrected chi connectivity index (χ2v) is 4.31. The molecule has 0 aliphatic carbocycles. The largest absolute Gasteiger partial charge is 0.480 e. The van der Waals surface area contributed by atoms with Crippen LogP contribution >= 0.6 is 11.3 Å². The molecule has 2 aromatic heterocycles. The summed E-state index contributed by atoms with van der Waals surface area (Å²) in [5.74, 6) is -1.09. The number of anilines is 1. The lowest BCUT2D eigenvalue weighted by Crippen LogP contribution is -2.20. The maximum absolute atomic E-state index is 10.7. The Morgan fingerprint density at radius 3 is 3.11 bits per heavy atom. The van der Waals surface area contributed by atoms with Gasteiger partial charge in [-0.25, -0.2) is 15.0 Å². The first-order chi connectivity index (χ1) is 8.66. The summed E-state index contributed by atoms with van der Waals surface area (Å²) in [4.78, 5) is 22.7. The molecular formula is C10H11N5O2S. The number of aromatic nitrogens is 3. The van der Waals surface area contributed by atoms with Crippen LogP contribution in [-0.4, -0.2) is 26.0 Å². The van der Waals surface area contributed by atoms with Gasteiger partial charge >= 0.3 is 5.97 Å². The lowest BCUT2D eigenvalue weighted by molar-refractivity contribution is -0.138. The van der Waals surface area contributed by atoms with Crippen LogP contribution in [0.5, 0.6) is 0 Å². The van der Waals surface area contributed by atoms with Gasteiger partial charge in [0, 0.05) is 11.6 Å². The van der Waals surface area contributed by atoms with Gasteiger partial charge in [-0.3, -0.25) is 4.79 Å². The lowest BCUT2D eigenvalue weighted by atomic mass is 10.2. The first kappa shape index (κ1) is 12.4. The summed E-state index contributed by atoms with van der Waals surface area (Å²) in [5, 5.41) is 14.0. The molecule has 0 aromatic carbocycles. The molecule has 2 rings (SSSR count). The van der Waals surface area contributed by atoms with Crippen LogP contribution in [0.25, 0.3) is 0 Å². The van der Waals surface area contributed by atoms with Gasteiger partial charge in [-0.2, -0.15) is 0 Å². The predicted molar refractivity (Wildman–Crippen MR) is 66.0 cm³/mol. The molecule has 1 unspecified atom stereocenters. The highest BCUT2D eigenvalue weighted by Gasteiger charge is 2.17. The van der Waals surface area contributed by atoms with Crippen LogP contribution < -0.4 is 11.1 Å². The van der Waals surface area contributed by atoms with Gasteiger partial charge in [-0.15, -0.1) is 11.3 Å². The molecule has 0 saturated carbocycles. The second-order valence-electron chi connectivity index (χ2n) is 3.45. The van der Waals surface area contributed by atoms with Crippen molar-refractivity contribution in [2.24, 2.45) is 5.73 Å². The van der Waals surface area contributed by atoms with E-state index < -0.39 is 12.0 Å². The Morgan fingerprint density at radius 2 is 2.44 bits per heavy atom. The lowest BCUT2D eigenvalue weighted by Gasteiger charge is -2.02. The Morgan fingerprint density at radius 1 is 1.61 bits per heavy atom. The van der Waals surface area contributed by atoms with E-state index in [2.05, 4.69) is 20.3 Å². The minimum atomic E-state index is -1.09. The molecule has 8 heteroatoms. The summed E-state index contributed by atoms with van der Waals surface area (Å²) in [7, 11) is 0. The van der Waals surface area contributed by atoms with Crippen molar-refractivity contribution in [3.8, 4) is 0 Å². The van der Waals surface area contributed by atoms with Crippen LogP contribution in [-0.2, 0) is 11.3 Å². The van der Waals surface area contributed by atoms with Gasteiger partial charge < -0.3 is 16.2 Å². The van der Waals surface area contributed by atoms with E-state index in [1.165, 1.54) is 17.7 Å². The molecule has 2 heterocycles. The fourth-order valence-corrected chi connectivity index (χ4v) is 1.97. The summed E-state index contributed by atoms with van der Waals surface area (Å²) in [6.45, 7) is 0.498. The molecule has 18 heavy (non-hydrogen) atoms. The molecule has 0 aliphatic rings. The molecule has 0 spiro atoms. The van der Waals surface area contributed by atoms with Gasteiger partial charge in [-0.1, -0.05) is 0 Å². The minimum Gasteiger partial charge on any atom is -0.480 e. The predicted octanol–water partition coefficient (Wildman–Crippen LogP) is 0.630. The van der Waals surface area contributed by atoms with Crippen molar-refractivity contribution in [1.29, 1.82) is 0 Å². The first-order valence-corrected chi connectivity index (χ1v) is 5.97. The Labute approximate surface area is 107 Å². The number of nitrogens with two attached hydrogens (primary N) is 1. The number of hydrogen-bond donors (Lipinski definition) is 3. The average Bonchev–Trinajstić information content (AvgIpc) is 2.85. The van der Waals surface area contributed by atoms with E-state index >= 15 is 0 Å². The third-order valence-corrected chi connectivity index (χ3v) is 2.99. The summed E-state index contributed by atoms with van der Waals surface area (Å²) in [6.07, 6.45) is 3.11. The smallest absolute Gasteiger partial charge is 0.326 e. The summed E-state index contributed by atoms with van der Waals surface area (Å²) >= 11 is 1.31. The first-order valence-electron chi connectivity index (χ1n) is 5.09. The summed E-state index contributed by atoms with van der Waals surface area (Å²) in [5.41, 5.74) is 6.62. The number of thiazole rings is 1. The van der Waals surface area contributed by atoms with Gasteiger partial charge in [-0.05, 0) is 6.07 Å². The molecule has 7 nitrogen and oxygen atoms in total. The van der Waals surface area contributed by atoms with E-state index in [1.807, 2.05) is 0 Å². The van der Waals surface area contributed by atoms with E-state index in [4.69, 9.17) is 10.8 Å². The molecule has 0 amide bonds. The van der Waals surface area contributed by atoms with Gasteiger partial charge in [0.05, 0.1) is 17.9 Å². The Hall–Kier alpha value is -2.06. The monoisotopic (exact) mass is 265 g/mol. The van der Waals surface area contributed by atoms with E-state index in [9.17, 15) is 4.79 Å². The van der Waals surface area contributed by atoms with Gasteiger partial charge in [0.25, 0.3) is 0 Å². The number of aliphatic carboxylic acids is 1. The number of carboxylic acid groups (broad SMARTS) is 1. The van der Waals surface area contributed by atoms with Crippen molar-refractivity contribution in [3.05, 3.63) is 35.4 Å². The minimum absolute atomic E-state index is 0.345. The zero-order chi connectivity index (χ0) is 13.0. The van der Waals surface area contributed by atoms with Gasteiger partial charge in [0.1, 0.15) is 12.4 Å². The second kappa shape index (κ2) is 5.52.